The van der Waals surface area contributed by atoms with E-state index in [1.165, 1.54) is 5.56 Å². The number of likely N-dealkylation sites (N-methyl/N-ethyl adjacent to an activating group) is 1. The van der Waals surface area contributed by atoms with E-state index in [2.05, 4.69) is 56.3 Å². The molecule has 2 aromatic heterocycles. The maximum absolute atomic E-state index is 5.73. The molecule has 11 heteroatoms. The lowest BCUT2D eigenvalue weighted by Gasteiger charge is -2.34. The number of methoxy groups -OCH3 is 3. The predicted octanol–water partition coefficient (Wildman–Crippen LogP) is 4.52. The summed E-state index contributed by atoms with van der Waals surface area (Å²) in [6.07, 6.45) is 1.89. The number of nitrogens with zero attached hydrogens (tertiary/aromatic N) is 4. The highest BCUT2D eigenvalue weighted by Gasteiger charge is 2.18. The second kappa shape index (κ2) is 14.3. The van der Waals surface area contributed by atoms with Gasteiger partial charge in [0.1, 0.15) is 5.65 Å². The van der Waals surface area contributed by atoms with Gasteiger partial charge in [0.05, 0.1) is 32.8 Å². The quantitative estimate of drug-likeness (QED) is 0.164. The number of H-pyrrole nitrogens is 1. The van der Waals surface area contributed by atoms with Gasteiger partial charge in [-0.1, -0.05) is 25.1 Å². The number of aromatic amines is 1. The van der Waals surface area contributed by atoms with E-state index in [0.29, 0.717) is 42.2 Å². The van der Waals surface area contributed by atoms with Crippen LogP contribution in [0.4, 0.5) is 11.6 Å². The van der Waals surface area contributed by atoms with Crippen LogP contribution in [0.15, 0.2) is 48.7 Å². The van der Waals surface area contributed by atoms with Crippen LogP contribution in [0.2, 0.25) is 0 Å². The summed E-state index contributed by atoms with van der Waals surface area (Å²) in [5.74, 6) is 2.08. The zero-order valence-electron chi connectivity index (χ0n) is 24.8. The minimum atomic E-state index is 0.0999. The summed E-state index contributed by atoms with van der Waals surface area (Å²) in [5, 5.41) is 4.10. The molecular formula is C31H40N6O5. The minimum Gasteiger partial charge on any atom is -0.493 e. The van der Waals surface area contributed by atoms with Crippen LogP contribution in [0.1, 0.15) is 12.5 Å². The Morgan fingerprint density at radius 1 is 0.881 bits per heavy atom. The summed E-state index contributed by atoms with van der Waals surface area (Å²) < 4.78 is 27.4. The van der Waals surface area contributed by atoms with Crippen LogP contribution in [0.5, 0.6) is 17.4 Å². The molecule has 0 saturated carbocycles. The van der Waals surface area contributed by atoms with Crippen LogP contribution in [-0.4, -0.2) is 98.8 Å². The first-order valence-electron chi connectivity index (χ1n) is 14.2. The topological polar surface area (TPSA) is 106 Å². The van der Waals surface area contributed by atoms with Gasteiger partial charge in [-0.25, -0.2) is 0 Å². The number of rotatable bonds is 14. The van der Waals surface area contributed by atoms with Gasteiger partial charge in [0.2, 0.25) is 11.8 Å². The molecule has 0 amide bonds. The first-order valence-corrected chi connectivity index (χ1v) is 14.2. The Kier molecular flexibility index (Phi) is 10.1. The van der Waals surface area contributed by atoms with Gasteiger partial charge in [-0.3, -0.25) is 4.90 Å². The van der Waals surface area contributed by atoms with Crippen LogP contribution in [-0.2, 0) is 16.0 Å². The van der Waals surface area contributed by atoms with Crippen molar-refractivity contribution in [1.29, 1.82) is 0 Å². The van der Waals surface area contributed by atoms with Crippen LogP contribution in [0.25, 0.3) is 22.2 Å². The Hall–Kier alpha value is -3.90. The smallest absolute Gasteiger partial charge is 0.232 e. The molecule has 0 radical (unpaired) electrons. The molecule has 224 valence electrons. The predicted molar refractivity (Wildman–Crippen MR) is 163 cm³/mol. The Balaban J connectivity index is 1.28. The number of piperazine rings is 1. The average Bonchev–Trinajstić information content (AvgIpc) is 3.46. The van der Waals surface area contributed by atoms with E-state index in [0.717, 1.165) is 61.5 Å². The standard InChI is InChI=1S/C31H40N6O5/c1-5-36-12-14-37(15-13-36)20-22-6-9-24(10-7-22)33-31-34-29-28(30(35-31)40-4)25(19-32-29)23-8-11-26(27(18-23)39-3)42-21-41-17-16-38-2/h6-11,18-19H,5,12-17,20-21H2,1-4H3,(H2,32,33,34,35). The molecule has 0 unspecified atom stereocenters. The fraction of sp³-hybridized carbons (Fsp3) is 0.419. The highest BCUT2D eigenvalue weighted by Crippen LogP contribution is 2.38. The fourth-order valence-corrected chi connectivity index (χ4v) is 5.04. The van der Waals surface area contributed by atoms with Crippen LogP contribution in [0.3, 0.4) is 0 Å². The van der Waals surface area contributed by atoms with Crippen molar-refractivity contribution >= 4 is 22.7 Å². The van der Waals surface area contributed by atoms with Crippen molar-refractivity contribution < 1.29 is 23.7 Å². The van der Waals surface area contributed by atoms with Crippen molar-refractivity contribution in [3.8, 4) is 28.5 Å². The number of fused-ring (bicyclic) bond motifs is 1. The average molecular weight is 577 g/mol. The molecule has 1 fully saturated rings. The highest BCUT2D eigenvalue weighted by molar-refractivity contribution is 5.98. The number of hydrogen-bond donors (Lipinski definition) is 2. The summed E-state index contributed by atoms with van der Waals surface area (Å²) in [4.78, 5) is 17.7. The molecule has 4 aromatic rings. The Bertz CT molecular complexity index is 1440. The van der Waals surface area contributed by atoms with E-state index in [1.807, 2.05) is 24.4 Å². The Labute approximate surface area is 246 Å². The van der Waals surface area contributed by atoms with E-state index in [4.69, 9.17) is 28.7 Å². The number of nitrogens with one attached hydrogen (secondary N) is 2. The molecule has 3 heterocycles. The lowest BCUT2D eigenvalue weighted by Crippen LogP contribution is -2.45. The molecule has 2 N–H and O–H groups in total. The summed E-state index contributed by atoms with van der Waals surface area (Å²) >= 11 is 0. The lowest BCUT2D eigenvalue weighted by atomic mass is 10.1. The van der Waals surface area contributed by atoms with Crippen molar-refractivity contribution in [2.75, 3.05) is 79.4 Å². The molecule has 0 spiro atoms. The number of aromatic nitrogens is 3. The molecule has 0 bridgehead atoms. The SMILES string of the molecule is CCN1CCN(Cc2ccc(Nc3nc(OC)c4c(-c5ccc(OCOCCOC)c(OC)c5)c[nH]c4n3)cc2)CC1. The third kappa shape index (κ3) is 7.11. The summed E-state index contributed by atoms with van der Waals surface area (Å²) in [7, 11) is 4.84. The molecule has 1 aliphatic rings. The number of hydrogen-bond acceptors (Lipinski definition) is 10. The fourth-order valence-electron chi connectivity index (χ4n) is 5.04. The second-order valence-electron chi connectivity index (χ2n) is 10.0. The van der Waals surface area contributed by atoms with Gasteiger partial charge in [-0.05, 0) is 41.9 Å². The van der Waals surface area contributed by atoms with Gasteiger partial charge < -0.3 is 38.9 Å². The lowest BCUT2D eigenvalue weighted by molar-refractivity contribution is -0.00944. The zero-order chi connectivity index (χ0) is 29.3. The zero-order valence-corrected chi connectivity index (χ0v) is 24.8. The Morgan fingerprint density at radius 2 is 1.67 bits per heavy atom. The van der Waals surface area contributed by atoms with Crippen LogP contribution < -0.4 is 19.5 Å². The number of ether oxygens (including phenoxy) is 5. The monoisotopic (exact) mass is 576 g/mol. The molecule has 1 saturated heterocycles. The summed E-state index contributed by atoms with van der Waals surface area (Å²) in [6, 6.07) is 14.2. The van der Waals surface area contributed by atoms with Crippen molar-refractivity contribution in [3.05, 3.63) is 54.2 Å². The molecule has 11 nitrogen and oxygen atoms in total. The molecule has 1 aliphatic heterocycles. The molecule has 0 atom stereocenters. The van der Waals surface area contributed by atoms with E-state index in [9.17, 15) is 0 Å². The summed E-state index contributed by atoms with van der Waals surface area (Å²) in [5.41, 5.74) is 4.65. The number of benzene rings is 2. The van der Waals surface area contributed by atoms with E-state index in [-0.39, 0.29) is 6.79 Å². The second-order valence-corrected chi connectivity index (χ2v) is 10.0. The van der Waals surface area contributed by atoms with Gasteiger partial charge in [0.15, 0.2) is 18.3 Å². The van der Waals surface area contributed by atoms with E-state index < -0.39 is 0 Å². The van der Waals surface area contributed by atoms with Crippen molar-refractivity contribution in [2.45, 2.75) is 13.5 Å². The third-order valence-corrected chi connectivity index (χ3v) is 7.42. The van der Waals surface area contributed by atoms with Gasteiger partial charge in [-0.2, -0.15) is 9.97 Å². The molecular weight excluding hydrogens is 536 g/mol. The van der Waals surface area contributed by atoms with Crippen molar-refractivity contribution in [3.63, 3.8) is 0 Å². The van der Waals surface area contributed by atoms with Crippen LogP contribution >= 0.6 is 0 Å². The molecule has 42 heavy (non-hydrogen) atoms. The maximum Gasteiger partial charge on any atom is 0.232 e. The van der Waals surface area contributed by atoms with Gasteiger partial charge in [-0.15, -0.1) is 0 Å². The van der Waals surface area contributed by atoms with Crippen molar-refractivity contribution in [1.82, 2.24) is 24.8 Å². The Morgan fingerprint density at radius 3 is 2.38 bits per heavy atom. The highest BCUT2D eigenvalue weighted by atomic mass is 16.7. The van der Waals surface area contributed by atoms with Crippen molar-refractivity contribution in [2.24, 2.45) is 0 Å². The molecule has 2 aromatic carbocycles. The maximum atomic E-state index is 5.73. The minimum absolute atomic E-state index is 0.0999. The van der Waals surface area contributed by atoms with E-state index in [1.54, 1.807) is 21.3 Å². The van der Waals surface area contributed by atoms with E-state index >= 15 is 0 Å². The largest absolute Gasteiger partial charge is 0.493 e. The van der Waals surface area contributed by atoms with Gasteiger partial charge in [0, 0.05) is 57.3 Å². The molecule has 0 aliphatic carbocycles. The first kappa shape index (κ1) is 29.6. The van der Waals surface area contributed by atoms with Gasteiger partial charge in [0.25, 0.3) is 0 Å². The normalized spacial score (nSPS) is 14.3. The number of anilines is 2. The van der Waals surface area contributed by atoms with Gasteiger partial charge >= 0.3 is 0 Å². The first-order chi connectivity index (χ1) is 20.6. The van der Waals surface area contributed by atoms with Crippen LogP contribution in [0, 0.1) is 0 Å². The molecule has 5 rings (SSSR count). The third-order valence-electron chi connectivity index (χ3n) is 7.42. The summed E-state index contributed by atoms with van der Waals surface area (Å²) in [6.45, 7) is 9.85.